The van der Waals surface area contributed by atoms with Crippen LogP contribution in [0.3, 0.4) is 0 Å². The second kappa shape index (κ2) is 7.18. The molecule has 0 unspecified atom stereocenters. The van der Waals surface area contributed by atoms with Crippen LogP contribution in [0.5, 0.6) is 0 Å². The minimum absolute atomic E-state index is 0.646. The first-order valence-electron chi connectivity index (χ1n) is 8.73. The number of aromatic nitrogens is 2. The van der Waals surface area contributed by atoms with Crippen molar-refractivity contribution < 1.29 is 13.2 Å². The maximum absolute atomic E-state index is 12.9. The van der Waals surface area contributed by atoms with Crippen LogP contribution in [0.2, 0.25) is 0 Å². The van der Waals surface area contributed by atoms with Crippen molar-refractivity contribution in [2.24, 2.45) is 0 Å². The molecule has 2 heterocycles. The van der Waals surface area contributed by atoms with Crippen molar-refractivity contribution >= 4 is 28.4 Å². The molecule has 0 atom stereocenters. The molecule has 1 aromatic heterocycles. The molecule has 0 bridgehead atoms. The largest absolute Gasteiger partial charge is 0.416 e. The standard InChI is InChI=1S/C20H17F3IN3/c21-20(22,23)14-6-4-13(5-7-14)18-17-3-1-2-12-25-19(17)27(26-18)16-10-8-15(24)9-11-16/h4-11,25H,1-3,12H2. The monoisotopic (exact) mass is 483 g/mol. The number of hydrogen-bond donors (Lipinski definition) is 1. The Kier molecular flexibility index (Phi) is 4.88. The van der Waals surface area contributed by atoms with Gasteiger partial charge in [0.1, 0.15) is 5.82 Å². The van der Waals surface area contributed by atoms with Gasteiger partial charge in [0.05, 0.1) is 16.9 Å². The maximum Gasteiger partial charge on any atom is 0.416 e. The van der Waals surface area contributed by atoms with Gasteiger partial charge in [-0.25, -0.2) is 4.68 Å². The van der Waals surface area contributed by atoms with E-state index < -0.39 is 11.7 Å². The maximum atomic E-state index is 12.9. The Morgan fingerprint density at radius 2 is 1.67 bits per heavy atom. The van der Waals surface area contributed by atoms with Crippen molar-refractivity contribution in [3.8, 4) is 16.9 Å². The summed E-state index contributed by atoms with van der Waals surface area (Å²) < 4.78 is 41.6. The van der Waals surface area contributed by atoms with Gasteiger partial charge in [-0.2, -0.15) is 18.3 Å². The Morgan fingerprint density at radius 1 is 0.963 bits per heavy atom. The summed E-state index contributed by atoms with van der Waals surface area (Å²) in [5.74, 6) is 0.934. The number of benzene rings is 2. The van der Waals surface area contributed by atoms with Crippen LogP contribution in [0.15, 0.2) is 48.5 Å². The number of fused-ring (bicyclic) bond motifs is 1. The van der Waals surface area contributed by atoms with Crippen molar-refractivity contribution in [3.05, 3.63) is 63.2 Å². The summed E-state index contributed by atoms with van der Waals surface area (Å²) in [6.45, 7) is 0.857. The van der Waals surface area contributed by atoms with E-state index in [4.69, 9.17) is 5.10 Å². The first-order chi connectivity index (χ1) is 12.9. The number of hydrogen-bond acceptors (Lipinski definition) is 2. The van der Waals surface area contributed by atoms with Crippen molar-refractivity contribution in [1.29, 1.82) is 0 Å². The predicted octanol–water partition coefficient (Wildman–Crippen LogP) is 5.91. The quantitative estimate of drug-likeness (QED) is 0.460. The zero-order valence-corrected chi connectivity index (χ0v) is 16.5. The van der Waals surface area contributed by atoms with Gasteiger partial charge in [0.25, 0.3) is 0 Å². The van der Waals surface area contributed by atoms with Gasteiger partial charge < -0.3 is 5.32 Å². The fourth-order valence-electron chi connectivity index (χ4n) is 3.32. The van der Waals surface area contributed by atoms with E-state index in [-0.39, 0.29) is 0 Å². The molecule has 0 amide bonds. The van der Waals surface area contributed by atoms with Gasteiger partial charge in [-0.15, -0.1) is 0 Å². The van der Waals surface area contributed by atoms with Crippen LogP contribution < -0.4 is 5.32 Å². The lowest BCUT2D eigenvalue weighted by atomic mass is 10.0. The summed E-state index contributed by atoms with van der Waals surface area (Å²) in [5, 5.41) is 8.22. The molecule has 1 aliphatic rings. The van der Waals surface area contributed by atoms with Gasteiger partial charge in [0.15, 0.2) is 0 Å². The Hall–Kier alpha value is -2.03. The lowest BCUT2D eigenvalue weighted by Gasteiger charge is -2.09. The van der Waals surface area contributed by atoms with Crippen LogP contribution >= 0.6 is 22.6 Å². The minimum Gasteiger partial charge on any atom is -0.370 e. The van der Waals surface area contributed by atoms with E-state index in [9.17, 15) is 13.2 Å². The molecule has 0 spiro atoms. The third-order valence-electron chi connectivity index (χ3n) is 4.69. The number of nitrogens with one attached hydrogen (secondary N) is 1. The van der Waals surface area contributed by atoms with Crippen LogP contribution in [0.1, 0.15) is 24.0 Å². The molecule has 1 N–H and O–H groups in total. The average molecular weight is 483 g/mol. The first kappa shape index (κ1) is 18.3. The molecule has 140 valence electrons. The molecule has 3 aromatic rings. The number of nitrogens with zero attached hydrogens (tertiary/aromatic N) is 2. The number of rotatable bonds is 2. The lowest BCUT2D eigenvalue weighted by molar-refractivity contribution is -0.137. The molecule has 7 heteroatoms. The molecule has 0 saturated heterocycles. The van der Waals surface area contributed by atoms with E-state index in [0.717, 1.165) is 64.3 Å². The van der Waals surface area contributed by atoms with Gasteiger partial charge in [-0.3, -0.25) is 0 Å². The lowest BCUT2D eigenvalue weighted by Crippen LogP contribution is -2.07. The Balaban J connectivity index is 1.82. The summed E-state index contributed by atoms with van der Waals surface area (Å²) >= 11 is 2.25. The summed E-state index contributed by atoms with van der Waals surface area (Å²) in [6, 6.07) is 13.3. The molecule has 27 heavy (non-hydrogen) atoms. The molecule has 4 rings (SSSR count). The highest BCUT2D eigenvalue weighted by Gasteiger charge is 2.30. The molecule has 0 fully saturated rings. The van der Waals surface area contributed by atoms with Crippen LogP contribution in [-0.4, -0.2) is 16.3 Å². The zero-order valence-electron chi connectivity index (χ0n) is 14.4. The minimum atomic E-state index is -4.34. The van der Waals surface area contributed by atoms with E-state index in [2.05, 4.69) is 27.9 Å². The summed E-state index contributed by atoms with van der Waals surface area (Å²) in [7, 11) is 0. The Morgan fingerprint density at radius 3 is 2.33 bits per heavy atom. The van der Waals surface area contributed by atoms with Crippen LogP contribution in [0, 0.1) is 3.57 Å². The predicted molar refractivity (Wildman–Crippen MR) is 108 cm³/mol. The van der Waals surface area contributed by atoms with Gasteiger partial charge in [-0.05, 0) is 78.3 Å². The fraction of sp³-hybridized carbons (Fsp3) is 0.250. The molecular weight excluding hydrogens is 466 g/mol. The third-order valence-corrected chi connectivity index (χ3v) is 5.41. The average Bonchev–Trinajstić information content (AvgIpc) is 2.83. The SMILES string of the molecule is FC(F)(F)c1ccc(-c2nn(-c3ccc(I)cc3)c3c2CCCCN3)cc1. The number of anilines is 1. The van der Waals surface area contributed by atoms with Crippen molar-refractivity contribution in [2.75, 3.05) is 11.9 Å². The normalized spacial score (nSPS) is 14.4. The molecular formula is C20H17F3IN3. The molecule has 1 aliphatic heterocycles. The van der Waals surface area contributed by atoms with Crippen LogP contribution in [-0.2, 0) is 12.6 Å². The van der Waals surface area contributed by atoms with Gasteiger partial charge in [-0.1, -0.05) is 12.1 Å². The molecule has 0 aliphatic carbocycles. The van der Waals surface area contributed by atoms with E-state index in [1.165, 1.54) is 12.1 Å². The van der Waals surface area contributed by atoms with Crippen molar-refractivity contribution in [1.82, 2.24) is 9.78 Å². The fourth-order valence-corrected chi connectivity index (χ4v) is 3.68. The molecule has 3 nitrogen and oxygen atoms in total. The molecule has 0 saturated carbocycles. The van der Waals surface area contributed by atoms with Crippen LogP contribution in [0.25, 0.3) is 16.9 Å². The Bertz CT molecular complexity index is 944. The highest BCUT2D eigenvalue weighted by Crippen LogP contribution is 2.36. The van der Waals surface area contributed by atoms with Gasteiger partial charge >= 0.3 is 6.18 Å². The highest BCUT2D eigenvalue weighted by atomic mass is 127. The van der Waals surface area contributed by atoms with Crippen LogP contribution in [0.4, 0.5) is 19.0 Å². The van der Waals surface area contributed by atoms with Crippen molar-refractivity contribution in [3.63, 3.8) is 0 Å². The number of halogens is 4. The summed E-state index contributed by atoms with van der Waals surface area (Å²) in [6.07, 6.45) is -1.42. The van der Waals surface area contributed by atoms with E-state index in [1.54, 1.807) is 0 Å². The van der Waals surface area contributed by atoms with E-state index >= 15 is 0 Å². The van der Waals surface area contributed by atoms with E-state index in [0.29, 0.717) is 5.56 Å². The van der Waals surface area contributed by atoms with Gasteiger partial charge in [0, 0.05) is 21.2 Å². The Labute approximate surface area is 168 Å². The zero-order chi connectivity index (χ0) is 19.0. The smallest absolute Gasteiger partial charge is 0.370 e. The van der Waals surface area contributed by atoms with E-state index in [1.807, 2.05) is 28.9 Å². The van der Waals surface area contributed by atoms with Gasteiger partial charge in [0.2, 0.25) is 0 Å². The number of alkyl halides is 3. The summed E-state index contributed by atoms with van der Waals surface area (Å²) in [5.41, 5.74) is 2.79. The molecule has 2 aromatic carbocycles. The summed E-state index contributed by atoms with van der Waals surface area (Å²) in [4.78, 5) is 0. The second-order valence-corrected chi connectivity index (χ2v) is 7.77. The van der Waals surface area contributed by atoms with Crippen molar-refractivity contribution in [2.45, 2.75) is 25.4 Å². The topological polar surface area (TPSA) is 29.9 Å². The third kappa shape index (κ3) is 3.69. The first-order valence-corrected chi connectivity index (χ1v) is 9.81. The molecule has 0 radical (unpaired) electrons. The second-order valence-electron chi connectivity index (χ2n) is 6.52. The highest BCUT2D eigenvalue weighted by molar-refractivity contribution is 14.1.